The van der Waals surface area contributed by atoms with E-state index in [1.807, 2.05) is 17.4 Å². The van der Waals surface area contributed by atoms with E-state index in [2.05, 4.69) is 24.7 Å². The van der Waals surface area contributed by atoms with Crippen molar-refractivity contribution < 1.29 is 27.4 Å². The Bertz CT molecular complexity index is 1490. The van der Waals surface area contributed by atoms with Gasteiger partial charge in [-0.05, 0) is 61.7 Å². The lowest BCUT2D eigenvalue weighted by molar-refractivity contribution is -0.173. The number of hydrogen-bond acceptors (Lipinski definition) is 9. The number of carbonyl (C=O) groups is 1. The van der Waals surface area contributed by atoms with Crippen LogP contribution >= 0.6 is 23.2 Å². The number of hydrogen-bond donors (Lipinski definition) is 1. The molecule has 3 aliphatic rings. The molecular weight excluding hydrogens is 646 g/mol. The van der Waals surface area contributed by atoms with Crippen molar-refractivity contribution in [2.75, 3.05) is 63.9 Å². The minimum atomic E-state index is -4.87. The number of anilines is 1. The minimum Gasteiger partial charge on any atom is -0.436 e. The number of amides is 1. The van der Waals surface area contributed by atoms with Crippen LogP contribution in [0.2, 0.25) is 10.0 Å². The van der Waals surface area contributed by atoms with Crippen LogP contribution in [0.3, 0.4) is 0 Å². The number of piperidine rings is 1. The van der Waals surface area contributed by atoms with Crippen molar-refractivity contribution in [2.45, 2.75) is 31.6 Å². The van der Waals surface area contributed by atoms with Gasteiger partial charge in [-0.1, -0.05) is 23.2 Å². The van der Waals surface area contributed by atoms with E-state index >= 15 is 0 Å². The van der Waals surface area contributed by atoms with Gasteiger partial charge in [-0.2, -0.15) is 13.2 Å². The average molecular weight is 681 g/mol. The van der Waals surface area contributed by atoms with Gasteiger partial charge in [-0.3, -0.25) is 14.6 Å². The van der Waals surface area contributed by atoms with Gasteiger partial charge in [0.05, 0.1) is 37.3 Å². The number of piperazine rings is 1. The number of halogens is 5. The van der Waals surface area contributed by atoms with Crippen LogP contribution in [0.15, 0.2) is 42.7 Å². The Morgan fingerprint density at radius 1 is 0.957 bits per heavy atom. The Morgan fingerprint density at radius 3 is 2.24 bits per heavy atom. The lowest BCUT2D eigenvalue weighted by Crippen LogP contribution is -2.56. The number of likely N-dealkylation sites (tertiary alicyclic amines) is 1. The molecule has 15 heteroatoms. The molecule has 0 radical (unpaired) electrons. The Balaban J connectivity index is 1.12. The monoisotopic (exact) mass is 679 g/mol. The van der Waals surface area contributed by atoms with Crippen molar-refractivity contribution in [3.8, 4) is 22.9 Å². The zero-order valence-electron chi connectivity index (χ0n) is 25.0. The van der Waals surface area contributed by atoms with E-state index in [4.69, 9.17) is 37.7 Å². The van der Waals surface area contributed by atoms with Gasteiger partial charge in [0, 0.05) is 60.9 Å². The van der Waals surface area contributed by atoms with Crippen LogP contribution in [0.5, 0.6) is 11.6 Å². The molecule has 3 fully saturated rings. The quantitative estimate of drug-likeness (QED) is 0.333. The largest absolute Gasteiger partial charge is 0.471 e. The van der Waals surface area contributed by atoms with E-state index < -0.39 is 12.1 Å². The van der Waals surface area contributed by atoms with E-state index in [1.54, 1.807) is 30.6 Å². The van der Waals surface area contributed by atoms with Gasteiger partial charge in [-0.25, -0.2) is 15.0 Å². The normalized spacial score (nSPS) is 18.8. The second kappa shape index (κ2) is 14.3. The number of carbonyl (C=O) groups excluding carboxylic acids is 1. The van der Waals surface area contributed by atoms with Crippen LogP contribution < -0.4 is 15.0 Å². The van der Waals surface area contributed by atoms with Crippen LogP contribution in [-0.2, 0) is 16.1 Å². The third-order valence-electron chi connectivity index (χ3n) is 8.51. The summed E-state index contributed by atoms with van der Waals surface area (Å²) < 4.78 is 49.1. The van der Waals surface area contributed by atoms with Crippen LogP contribution in [0.1, 0.15) is 18.4 Å². The molecule has 3 aromatic rings. The molecule has 3 saturated heterocycles. The first-order valence-electron chi connectivity index (χ1n) is 15.2. The van der Waals surface area contributed by atoms with Gasteiger partial charge in [0.25, 0.3) is 0 Å². The number of aromatic nitrogens is 3. The highest BCUT2D eigenvalue weighted by atomic mass is 35.5. The topological polar surface area (TPSA) is 96.0 Å². The fourth-order valence-corrected chi connectivity index (χ4v) is 6.39. The Morgan fingerprint density at radius 2 is 1.63 bits per heavy atom. The first-order chi connectivity index (χ1) is 22.1. The van der Waals surface area contributed by atoms with Gasteiger partial charge in [0.15, 0.2) is 5.75 Å². The molecule has 0 aliphatic carbocycles. The first kappa shape index (κ1) is 32.7. The molecule has 0 bridgehead atoms. The van der Waals surface area contributed by atoms with Crippen LogP contribution in [-0.4, -0.2) is 102 Å². The maximum atomic E-state index is 12.6. The van der Waals surface area contributed by atoms with E-state index in [0.29, 0.717) is 71.8 Å². The number of nitrogens with one attached hydrogen (secondary N) is 1. The molecule has 1 aromatic carbocycles. The van der Waals surface area contributed by atoms with Crippen molar-refractivity contribution in [3.05, 3.63) is 58.3 Å². The Labute approximate surface area is 274 Å². The Kier molecular flexibility index (Phi) is 10.1. The van der Waals surface area contributed by atoms with Gasteiger partial charge in [0.2, 0.25) is 11.8 Å². The predicted octanol–water partition coefficient (Wildman–Crippen LogP) is 5.05. The van der Waals surface area contributed by atoms with E-state index in [-0.39, 0.29) is 12.5 Å². The molecule has 0 spiro atoms. The molecule has 246 valence electrons. The lowest BCUT2D eigenvalue weighted by atomic mass is 9.96. The number of ether oxygens (including phenoxy) is 2. The zero-order chi connectivity index (χ0) is 32.3. The molecule has 10 nitrogen and oxygen atoms in total. The minimum absolute atomic E-state index is 0.00601. The summed E-state index contributed by atoms with van der Waals surface area (Å²) in [5.74, 6) is -0.483. The fraction of sp³-hybridized carbons (Fsp3) is 0.484. The highest BCUT2D eigenvalue weighted by molar-refractivity contribution is 6.35. The summed E-state index contributed by atoms with van der Waals surface area (Å²) in [5.41, 5.74) is 2.27. The van der Waals surface area contributed by atoms with E-state index in [9.17, 15) is 18.0 Å². The second-order valence-corrected chi connectivity index (χ2v) is 12.7. The van der Waals surface area contributed by atoms with Crippen molar-refractivity contribution in [3.63, 3.8) is 0 Å². The first-order valence-corrected chi connectivity index (χ1v) is 16.0. The zero-order valence-corrected chi connectivity index (χ0v) is 26.5. The highest BCUT2D eigenvalue weighted by Crippen LogP contribution is 2.31. The summed E-state index contributed by atoms with van der Waals surface area (Å²) in [6.45, 7) is 7.07. The molecule has 2 aromatic heterocycles. The Hall–Kier alpha value is -3.23. The summed E-state index contributed by atoms with van der Waals surface area (Å²) in [6, 6.07) is 9.51. The number of rotatable bonds is 9. The van der Waals surface area contributed by atoms with Crippen LogP contribution in [0, 0.1) is 5.92 Å². The third kappa shape index (κ3) is 8.37. The molecule has 3 aliphatic heterocycles. The van der Waals surface area contributed by atoms with Crippen molar-refractivity contribution in [2.24, 2.45) is 5.92 Å². The number of pyridine rings is 1. The van der Waals surface area contributed by atoms with E-state index in [0.717, 1.165) is 50.5 Å². The van der Waals surface area contributed by atoms with Crippen LogP contribution in [0.25, 0.3) is 11.3 Å². The van der Waals surface area contributed by atoms with E-state index in [1.165, 1.54) is 0 Å². The molecule has 0 atom stereocenters. The number of alkyl halides is 3. The molecule has 0 saturated carbocycles. The van der Waals surface area contributed by atoms with Crippen molar-refractivity contribution in [1.82, 2.24) is 30.1 Å². The number of benzene rings is 1. The van der Waals surface area contributed by atoms with Crippen molar-refractivity contribution in [1.29, 1.82) is 0 Å². The van der Waals surface area contributed by atoms with Gasteiger partial charge < -0.3 is 19.7 Å². The summed E-state index contributed by atoms with van der Waals surface area (Å²) in [4.78, 5) is 31.9. The molecule has 6 rings (SSSR count). The summed E-state index contributed by atoms with van der Waals surface area (Å²) in [5, 5.41) is 2.96. The maximum absolute atomic E-state index is 12.6. The molecule has 0 unspecified atom stereocenters. The third-order valence-corrected chi connectivity index (χ3v) is 8.95. The number of nitrogens with zero attached hydrogens (tertiary/aromatic N) is 6. The standard InChI is InChI=1S/C31H34Cl2F3N7O3/c32-23-11-22(12-24(33)13-23)27-9-21(17-41-3-1-20(2-4-41)14-37-29(44)31(34,35)36)10-28(40-27)46-26-15-38-30(39-16-26)43-7-5-42(6-8-43)25-18-45-19-25/h9-13,15-16,20,25H,1-8,14,17-19H2,(H,37,44). The van der Waals surface area contributed by atoms with Gasteiger partial charge in [0.1, 0.15) is 0 Å². The molecule has 46 heavy (non-hydrogen) atoms. The smallest absolute Gasteiger partial charge is 0.436 e. The van der Waals surface area contributed by atoms with Gasteiger partial charge >= 0.3 is 12.1 Å². The summed E-state index contributed by atoms with van der Waals surface area (Å²) >= 11 is 12.6. The maximum Gasteiger partial charge on any atom is 0.471 e. The highest BCUT2D eigenvalue weighted by Gasteiger charge is 2.38. The molecular formula is C31H34Cl2F3N7O3. The molecule has 5 heterocycles. The second-order valence-electron chi connectivity index (χ2n) is 11.8. The van der Waals surface area contributed by atoms with Gasteiger partial charge in [-0.15, -0.1) is 0 Å². The lowest BCUT2D eigenvalue weighted by Gasteiger charge is -2.42. The molecule has 1 amide bonds. The molecule has 1 N–H and O–H groups in total. The summed E-state index contributed by atoms with van der Waals surface area (Å²) in [7, 11) is 0. The summed E-state index contributed by atoms with van der Waals surface area (Å²) in [6.07, 6.45) is -0.266. The predicted molar refractivity (Wildman–Crippen MR) is 167 cm³/mol. The van der Waals surface area contributed by atoms with Crippen LogP contribution in [0.4, 0.5) is 19.1 Å². The fourth-order valence-electron chi connectivity index (χ4n) is 5.86. The SMILES string of the molecule is O=C(NCC1CCN(Cc2cc(Oc3cnc(N4CCN(C5COC5)CC4)nc3)nc(-c3cc(Cl)cc(Cl)c3)c2)CC1)C(F)(F)F. The average Bonchev–Trinajstić information content (AvgIpc) is 2.99. The van der Waals surface area contributed by atoms with Crippen molar-refractivity contribution >= 4 is 35.1 Å².